The number of nitrogens with zero attached hydrogens (tertiary/aromatic N) is 4. The Kier molecular flexibility index (Phi) is 8.48. The molecule has 24 heavy (non-hydrogen) atoms. The van der Waals surface area contributed by atoms with Gasteiger partial charge in [0.1, 0.15) is 0 Å². The Bertz CT molecular complexity index is 323. The lowest BCUT2D eigenvalue weighted by atomic mass is 9.99. The Hall–Kier alpha value is -0.160. The smallest absolute Gasteiger partial charge is 0.0121 e. The molecule has 3 aliphatic heterocycles. The molecule has 0 aromatic rings. The van der Waals surface area contributed by atoms with Crippen molar-refractivity contribution in [3.63, 3.8) is 0 Å². The van der Waals surface area contributed by atoms with E-state index in [0.29, 0.717) is 0 Å². The van der Waals surface area contributed by atoms with Crippen LogP contribution in [0.1, 0.15) is 53.4 Å². The fourth-order valence-electron chi connectivity index (χ4n) is 4.60. The standard InChI is InChI=1S/C18H36N4.C2H6/c1-16(2)20-10-6-18(7-11-20)22-14-12-21(13-15-22)17-4-8-19(3)9-5-17;1-2/h16-18H,4-15H2,1-3H3;1-2H3. The van der Waals surface area contributed by atoms with Crippen LogP contribution in [0.15, 0.2) is 0 Å². The molecule has 3 saturated heterocycles. The van der Waals surface area contributed by atoms with Gasteiger partial charge < -0.3 is 9.80 Å². The van der Waals surface area contributed by atoms with Crippen LogP contribution in [0, 0.1) is 0 Å². The summed E-state index contributed by atoms with van der Waals surface area (Å²) < 4.78 is 0. The van der Waals surface area contributed by atoms with Crippen LogP contribution < -0.4 is 0 Å². The molecule has 4 nitrogen and oxygen atoms in total. The number of hydrogen-bond acceptors (Lipinski definition) is 4. The molecule has 0 aromatic heterocycles. The van der Waals surface area contributed by atoms with Crippen molar-refractivity contribution in [2.45, 2.75) is 71.5 Å². The number of hydrogen-bond donors (Lipinski definition) is 0. The largest absolute Gasteiger partial charge is 0.306 e. The van der Waals surface area contributed by atoms with Gasteiger partial charge in [-0.1, -0.05) is 13.8 Å². The van der Waals surface area contributed by atoms with Crippen LogP contribution in [0.4, 0.5) is 0 Å². The predicted octanol–water partition coefficient (Wildman–Crippen LogP) is 2.60. The van der Waals surface area contributed by atoms with Crippen molar-refractivity contribution in [3.8, 4) is 0 Å². The van der Waals surface area contributed by atoms with Gasteiger partial charge in [-0.05, 0) is 72.8 Å². The van der Waals surface area contributed by atoms with E-state index < -0.39 is 0 Å². The van der Waals surface area contributed by atoms with Crippen LogP contribution in [0.5, 0.6) is 0 Å². The third-order valence-electron chi connectivity index (χ3n) is 6.30. The molecule has 0 radical (unpaired) electrons. The van der Waals surface area contributed by atoms with Gasteiger partial charge >= 0.3 is 0 Å². The topological polar surface area (TPSA) is 13.0 Å². The summed E-state index contributed by atoms with van der Waals surface area (Å²) in [6, 6.07) is 2.44. The summed E-state index contributed by atoms with van der Waals surface area (Å²) in [6.45, 7) is 19.1. The minimum Gasteiger partial charge on any atom is -0.306 e. The normalized spacial score (nSPS) is 27.2. The lowest BCUT2D eigenvalue weighted by molar-refractivity contribution is 0.0248. The zero-order valence-electron chi connectivity index (χ0n) is 17.0. The highest BCUT2D eigenvalue weighted by atomic mass is 15.3. The van der Waals surface area contributed by atoms with Gasteiger partial charge in [0.25, 0.3) is 0 Å². The molecule has 0 bridgehead atoms. The van der Waals surface area contributed by atoms with Crippen LogP contribution in [-0.4, -0.2) is 97.1 Å². The first-order chi connectivity index (χ1) is 11.6. The Labute approximate surface area is 151 Å². The van der Waals surface area contributed by atoms with E-state index in [-0.39, 0.29) is 0 Å². The van der Waals surface area contributed by atoms with Gasteiger partial charge in [-0.3, -0.25) is 9.80 Å². The molecular formula is C20H42N4. The molecule has 3 fully saturated rings. The second-order valence-corrected chi connectivity index (χ2v) is 7.97. The van der Waals surface area contributed by atoms with E-state index in [1.54, 1.807) is 0 Å². The monoisotopic (exact) mass is 338 g/mol. The molecule has 0 unspecified atom stereocenters. The lowest BCUT2D eigenvalue weighted by Crippen LogP contribution is -2.56. The van der Waals surface area contributed by atoms with Gasteiger partial charge in [-0.2, -0.15) is 0 Å². The van der Waals surface area contributed by atoms with E-state index in [2.05, 4.69) is 40.5 Å². The molecule has 142 valence electrons. The van der Waals surface area contributed by atoms with Crippen LogP contribution in [0.3, 0.4) is 0 Å². The fourth-order valence-corrected chi connectivity index (χ4v) is 4.60. The van der Waals surface area contributed by atoms with Gasteiger partial charge in [0.2, 0.25) is 0 Å². The van der Waals surface area contributed by atoms with Crippen molar-refractivity contribution in [2.24, 2.45) is 0 Å². The molecule has 0 aliphatic carbocycles. The average Bonchev–Trinajstić information content (AvgIpc) is 2.64. The summed E-state index contributed by atoms with van der Waals surface area (Å²) >= 11 is 0. The minimum absolute atomic E-state index is 0.724. The van der Waals surface area contributed by atoms with Crippen molar-refractivity contribution < 1.29 is 0 Å². The second kappa shape index (κ2) is 10.1. The van der Waals surface area contributed by atoms with E-state index in [1.165, 1.54) is 78.0 Å². The van der Waals surface area contributed by atoms with Crippen LogP contribution in [0.25, 0.3) is 0 Å². The molecule has 3 heterocycles. The highest BCUT2D eigenvalue weighted by Crippen LogP contribution is 2.22. The highest BCUT2D eigenvalue weighted by Gasteiger charge is 2.31. The van der Waals surface area contributed by atoms with E-state index in [9.17, 15) is 0 Å². The van der Waals surface area contributed by atoms with Gasteiger partial charge in [-0.15, -0.1) is 0 Å². The second-order valence-electron chi connectivity index (χ2n) is 7.97. The van der Waals surface area contributed by atoms with Gasteiger partial charge in [-0.25, -0.2) is 0 Å². The number of likely N-dealkylation sites (tertiary alicyclic amines) is 2. The van der Waals surface area contributed by atoms with Crippen LogP contribution in [-0.2, 0) is 0 Å². The first kappa shape index (κ1) is 20.2. The average molecular weight is 339 g/mol. The number of piperazine rings is 1. The van der Waals surface area contributed by atoms with Crippen molar-refractivity contribution >= 4 is 0 Å². The summed E-state index contributed by atoms with van der Waals surface area (Å²) in [4.78, 5) is 10.7. The molecule has 0 N–H and O–H groups in total. The first-order valence-electron chi connectivity index (χ1n) is 10.5. The quantitative estimate of drug-likeness (QED) is 0.784. The zero-order chi connectivity index (χ0) is 17.5. The minimum atomic E-state index is 0.724. The van der Waals surface area contributed by atoms with Crippen molar-refractivity contribution in [2.75, 3.05) is 59.4 Å². The Morgan fingerprint density at radius 1 is 0.625 bits per heavy atom. The van der Waals surface area contributed by atoms with Gasteiger partial charge in [0.05, 0.1) is 0 Å². The summed E-state index contributed by atoms with van der Waals surface area (Å²) in [7, 11) is 2.26. The molecule has 4 heteroatoms. The molecule has 0 atom stereocenters. The molecule has 3 aliphatic rings. The molecule has 0 saturated carbocycles. The van der Waals surface area contributed by atoms with Crippen LogP contribution in [0.2, 0.25) is 0 Å². The summed E-state index contributed by atoms with van der Waals surface area (Å²) in [5.41, 5.74) is 0. The maximum absolute atomic E-state index is 2.79. The van der Waals surface area contributed by atoms with E-state index in [0.717, 1.165) is 18.1 Å². The molecule has 3 rings (SSSR count). The van der Waals surface area contributed by atoms with Crippen LogP contribution >= 0.6 is 0 Å². The maximum atomic E-state index is 2.79. The van der Waals surface area contributed by atoms with Crippen molar-refractivity contribution in [3.05, 3.63) is 0 Å². The first-order valence-corrected chi connectivity index (χ1v) is 10.5. The maximum Gasteiger partial charge on any atom is 0.0121 e. The SMILES string of the molecule is CC.CC(C)N1CCC(N2CCN(C3CCN(C)CC3)CC2)CC1. The van der Waals surface area contributed by atoms with E-state index in [4.69, 9.17) is 0 Å². The number of piperidine rings is 2. The van der Waals surface area contributed by atoms with E-state index >= 15 is 0 Å². The zero-order valence-corrected chi connectivity index (χ0v) is 17.0. The van der Waals surface area contributed by atoms with Gasteiger partial charge in [0, 0.05) is 44.3 Å². The summed E-state index contributed by atoms with van der Waals surface area (Å²) in [5.74, 6) is 0. The Balaban J connectivity index is 0.00000100. The molecule has 0 aromatic carbocycles. The predicted molar refractivity (Wildman–Crippen MR) is 105 cm³/mol. The van der Waals surface area contributed by atoms with Crippen molar-refractivity contribution in [1.29, 1.82) is 0 Å². The third-order valence-corrected chi connectivity index (χ3v) is 6.30. The molecule has 0 amide bonds. The van der Waals surface area contributed by atoms with Gasteiger partial charge in [0.15, 0.2) is 0 Å². The lowest BCUT2D eigenvalue weighted by Gasteiger charge is -2.46. The van der Waals surface area contributed by atoms with E-state index in [1.807, 2.05) is 13.8 Å². The Morgan fingerprint density at radius 2 is 1.00 bits per heavy atom. The highest BCUT2D eigenvalue weighted by molar-refractivity contribution is 4.87. The summed E-state index contributed by atoms with van der Waals surface area (Å²) in [6.07, 6.45) is 5.52. The molecular weight excluding hydrogens is 296 g/mol. The third kappa shape index (κ3) is 5.42. The van der Waals surface area contributed by atoms with Crippen molar-refractivity contribution in [1.82, 2.24) is 19.6 Å². The number of rotatable bonds is 3. The Morgan fingerprint density at radius 3 is 1.38 bits per heavy atom. The fraction of sp³-hybridized carbons (Fsp3) is 1.00. The molecule has 0 spiro atoms. The summed E-state index contributed by atoms with van der Waals surface area (Å²) in [5, 5.41) is 0.